The lowest BCUT2D eigenvalue weighted by Crippen LogP contribution is -2.42. The first-order valence-electron chi connectivity index (χ1n) is 7.78. The van der Waals surface area contributed by atoms with Crippen LogP contribution in [0.2, 0.25) is 0 Å². The van der Waals surface area contributed by atoms with E-state index in [-0.39, 0.29) is 29.9 Å². The number of ether oxygens (including phenoxy) is 2. The van der Waals surface area contributed by atoms with E-state index in [1.165, 1.54) is 0 Å². The molecule has 1 heterocycles. The molecular formula is C15H25NO5. The van der Waals surface area contributed by atoms with Gasteiger partial charge in [-0.15, -0.1) is 0 Å². The van der Waals surface area contributed by atoms with Crippen LogP contribution in [0.4, 0.5) is 0 Å². The van der Waals surface area contributed by atoms with Crippen molar-refractivity contribution in [3.05, 3.63) is 0 Å². The number of hydrogen-bond acceptors (Lipinski definition) is 4. The Morgan fingerprint density at radius 1 is 1.33 bits per heavy atom. The standard InChI is InChI=1S/C15H25NO5/c1-10(8-21-13-5-6-20-9-13)16-14(17)11-3-2-4-12(7-11)15(18)19/h10-13H,2-9H2,1H3,(H,16,17)(H,18,19). The summed E-state index contributed by atoms with van der Waals surface area (Å²) in [6.07, 6.45) is 3.75. The van der Waals surface area contributed by atoms with Gasteiger partial charge in [-0.25, -0.2) is 0 Å². The fourth-order valence-corrected chi connectivity index (χ4v) is 2.98. The summed E-state index contributed by atoms with van der Waals surface area (Å²) in [5, 5.41) is 12.0. The van der Waals surface area contributed by atoms with E-state index in [0.717, 1.165) is 25.9 Å². The average molecular weight is 299 g/mol. The van der Waals surface area contributed by atoms with Crippen LogP contribution in [0.15, 0.2) is 0 Å². The zero-order chi connectivity index (χ0) is 15.2. The van der Waals surface area contributed by atoms with Gasteiger partial charge in [-0.1, -0.05) is 6.42 Å². The molecule has 1 amide bonds. The summed E-state index contributed by atoms with van der Waals surface area (Å²) in [4.78, 5) is 23.2. The van der Waals surface area contributed by atoms with Gasteiger partial charge in [0.05, 0.1) is 25.2 Å². The first kappa shape index (κ1) is 16.2. The molecule has 6 heteroatoms. The Balaban J connectivity index is 1.70. The molecule has 6 nitrogen and oxygen atoms in total. The SMILES string of the molecule is CC(COC1CCOC1)NC(=O)C1CCCC(C(=O)O)C1. The van der Waals surface area contributed by atoms with Crippen LogP contribution in [-0.4, -0.2) is 48.9 Å². The zero-order valence-corrected chi connectivity index (χ0v) is 12.5. The van der Waals surface area contributed by atoms with E-state index in [1.807, 2.05) is 6.92 Å². The Bertz CT molecular complexity index is 367. The fraction of sp³-hybridized carbons (Fsp3) is 0.867. The number of aliphatic carboxylic acids is 1. The minimum Gasteiger partial charge on any atom is -0.481 e. The van der Waals surface area contributed by atoms with E-state index in [4.69, 9.17) is 14.6 Å². The largest absolute Gasteiger partial charge is 0.481 e. The molecule has 0 radical (unpaired) electrons. The van der Waals surface area contributed by atoms with Crippen molar-refractivity contribution in [2.75, 3.05) is 19.8 Å². The van der Waals surface area contributed by atoms with Crippen molar-refractivity contribution >= 4 is 11.9 Å². The maximum atomic E-state index is 12.2. The van der Waals surface area contributed by atoms with E-state index in [9.17, 15) is 9.59 Å². The molecule has 4 atom stereocenters. The number of carbonyl (C=O) groups excluding carboxylic acids is 1. The molecule has 2 rings (SSSR count). The quantitative estimate of drug-likeness (QED) is 0.769. The van der Waals surface area contributed by atoms with Gasteiger partial charge >= 0.3 is 5.97 Å². The molecule has 2 aliphatic rings. The average Bonchev–Trinajstić information content (AvgIpc) is 2.98. The van der Waals surface area contributed by atoms with Crippen LogP contribution < -0.4 is 5.32 Å². The van der Waals surface area contributed by atoms with Gasteiger partial charge in [0.1, 0.15) is 0 Å². The lowest BCUT2D eigenvalue weighted by Gasteiger charge is -2.27. The zero-order valence-electron chi connectivity index (χ0n) is 12.5. The third kappa shape index (κ3) is 4.97. The highest BCUT2D eigenvalue weighted by atomic mass is 16.5. The normalized spacial score (nSPS) is 30.8. The summed E-state index contributed by atoms with van der Waals surface area (Å²) in [7, 11) is 0. The van der Waals surface area contributed by atoms with Crippen LogP contribution >= 0.6 is 0 Å². The molecular weight excluding hydrogens is 274 g/mol. The number of carboxylic acid groups (broad SMARTS) is 1. The minimum absolute atomic E-state index is 0.0419. The number of rotatable bonds is 6. The van der Waals surface area contributed by atoms with Crippen LogP contribution in [0.1, 0.15) is 39.0 Å². The molecule has 0 aromatic rings. The smallest absolute Gasteiger partial charge is 0.306 e. The van der Waals surface area contributed by atoms with Crippen molar-refractivity contribution in [2.45, 2.75) is 51.2 Å². The molecule has 1 aliphatic heterocycles. The third-order valence-corrected chi connectivity index (χ3v) is 4.25. The number of amides is 1. The van der Waals surface area contributed by atoms with Gasteiger partial charge < -0.3 is 19.9 Å². The van der Waals surface area contributed by atoms with Crippen LogP contribution in [0.3, 0.4) is 0 Å². The minimum atomic E-state index is -0.787. The molecule has 120 valence electrons. The predicted octanol–water partition coefficient (Wildman–Crippen LogP) is 1.19. The second-order valence-corrected chi connectivity index (χ2v) is 6.13. The Kier molecular flexibility index (Phi) is 5.99. The lowest BCUT2D eigenvalue weighted by atomic mass is 9.81. The summed E-state index contributed by atoms with van der Waals surface area (Å²) in [6, 6.07) is -0.0664. The molecule has 1 aliphatic carbocycles. The van der Waals surface area contributed by atoms with E-state index >= 15 is 0 Å². The van der Waals surface area contributed by atoms with Crippen LogP contribution in [0, 0.1) is 11.8 Å². The molecule has 0 bridgehead atoms. The Hall–Kier alpha value is -1.14. The Morgan fingerprint density at radius 2 is 2.10 bits per heavy atom. The van der Waals surface area contributed by atoms with Crippen molar-refractivity contribution < 1.29 is 24.2 Å². The Morgan fingerprint density at radius 3 is 2.76 bits per heavy atom. The van der Waals surface area contributed by atoms with Gasteiger partial charge in [0.2, 0.25) is 5.91 Å². The van der Waals surface area contributed by atoms with Gasteiger partial charge in [-0.3, -0.25) is 9.59 Å². The molecule has 1 saturated heterocycles. The highest BCUT2D eigenvalue weighted by Crippen LogP contribution is 2.29. The second-order valence-electron chi connectivity index (χ2n) is 6.13. The molecule has 1 saturated carbocycles. The van der Waals surface area contributed by atoms with Gasteiger partial charge in [0.25, 0.3) is 0 Å². The topological polar surface area (TPSA) is 84.9 Å². The van der Waals surface area contributed by atoms with Crippen molar-refractivity contribution in [2.24, 2.45) is 11.8 Å². The third-order valence-electron chi connectivity index (χ3n) is 4.25. The number of hydrogen-bond donors (Lipinski definition) is 2. The molecule has 21 heavy (non-hydrogen) atoms. The van der Waals surface area contributed by atoms with Crippen LogP contribution in [0.5, 0.6) is 0 Å². The number of carbonyl (C=O) groups is 2. The summed E-state index contributed by atoms with van der Waals surface area (Å²) >= 11 is 0. The number of nitrogens with one attached hydrogen (secondary N) is 1. The van der Waals surface area contributed by atoms with Gasteiger partial charge in [0, 0.05) is 18.6 Å². The fourth-order valence-electron chi connectivity index (χ4n) is 2.98. The van der Waals surface area contributed by atoms with Gasteiger partial charge in [0.15, 0.2) is 0 Å². The predicted molar refractivity (Wildman–Crippen MR) is 75.9 cm³/mol. The van der Waals surface area contributed by atoms with Gasteiger partial charge in [-0.2, -0.15) is 0 Å². The van der Waals surface area contributed by atoms with E-state index < -0.39 is 5.97 Å². The maximum absolute atomic E-state index is 12.2. The van der Waals surface area contributed by atoms with Crippen molar-refractivity contribution in [3.8, 4) is 0 Å². The second kappa shape index (κ2) is 7.75. The van der Waals surface area contributed by atoms with Crippen molar-refractivity contribution in [1.82, 2.24) is 5.32 Å². The highest BCUT2D eigenvalue weighted by molar-refractivity contribution is 5.80. The first-order chi connectivity index (χ1) is 10.1. The molecule has 2 N–H and O–H groups in total. The van der Waals surface area contributed by atoms with Crippen molar-refractivity contribution in [3.63, 3.8) is 0 Å². The highest BCUT2D eigenvalue weighted by Gasteiger charge is 2.31. The summed E-state index contributed by atoms with van der Waals surface area (Å²) in [5.41, 5.74) is 0. The molecule has 0 aromatic carbocycles. The molecule has 2 fully saturated rings. The summed E-state index contributed by atoms with van der Waals surface area (Å²) < 4.78 is 10.9. The lowest BCUT2D eigenvalue weighted by molar-refractivity contribution is -0.144. The van der Waals surface area contributed by atoms with E-state index in [2.05, 4.69) is 5.32 Å². The number of carboxylic acids is 1. The Labute approximate surface area is 125 Å². The molecule has 0 spiro atoms. The summed E-state index contributed by atoms with van der Waals surface area (Å²) in [5.74, 6) is -1.39. The summed E-state index contributed by atoms with van der Waals surface area (Å²) in [6.45, 7) is 3.74. The molecule has 4 unspecified atom stereocenters. The first-order valence-corrected chi connectivity index (χ1v) is 7.78. The van der Waals surface area contributed by atoms with E-state index in [0.29, 0.717) is 26.1 Å². The monoisotopic (exact) mass is 299 g/mol. The maximum Gasteiger partial charge on any atom is 0.306 e. The van der Waals surface area contributed by atoms with Crippen LogP contribution in [0.25, 0.3) is 0 Å². The van der Waals surface area contributed by atoms with E-state index in [1.54, 1.807) is 0 Å². The van der Waals surface area contributed by atoms with Crippen LogP contribution in [-0.2, 0) is 19.1 Å². The molecule has 0 aromatic heterocycles. The van der Waals surface area contributed by atoms with Gasteiger partial charge in [-0.05, 0) is 32.6 Å². The van der Waals surface area contributed by atoms with Crippen molar-refractivity contribution in [1.29, 1.82) is 0 Å².